The van der Waals surface area contributed by atoms with E-state index in [1.165, 1.54) is 0 Å². The van der Waals surface area contributed by atoms with E-state index in [1.807, 2.05) is 51.8 Å². The largest absolute Gasteiger partial charge is 0.346 e. The first-order chi connectivity index (χ1) is 16.6. The minimum absolute atomic E-state index is 0.186. The molecular weight excluding hydrogens is 431 g/mol. The van der Waals surface area contributed by atoms with Crippen LogP contribution in [0.25, 0.3) is 11.3 Å². The van der Waals surface area contributed by atoms with E-state index in [0.717, 1.165) is 48.5 Å². The van der Waals surface area contributed by atoms with E-state index in [1.54, 1.807) is 12.4 Å². The van der Waals surface area contributed by atoms with Crippen LogP contribution in [0.4, 0.5) is 4.39 Å². The van der Waals surface area contributed by atoms with Crippen molar-refractivity contribution in [1.82, 2.24) is 29.6 Å². The number of hydrogen-bond donors (Lipinski definition) is 2. The van der Waals surface area contributed by atoms with Crippen LogP contribution >= 0.6 is 0 Å². The highest BCUT2D eigenvalue weighted by Gasteiger charge is 2.55. The van der Waals surface area contributed by atoms with Gasteiger partial charge < -0.3 is 19.6 Å². The quantitative estimate of drug-likeness (QED) is 0.422. The molecule has 2 bridgehead atoms. The summed E-state index contributed by atoms with van der Waals surface area (Å²) < 4.78 is 17.6. The molecule has 3 fully saturated rings. The minimum Gasteiger partial charge on any atom is -0.346 e. The summed E-state index contributed by atoms with van der Waals surface area (Å²) >= 11 is 0. The first-order valence-corrected chi connectivity index (χ1v) is 11.7. The first-order valence-electron chi connectivity index (χ1n) is 11.7. The van der Waals surface area contributed by atoms with Gasteiger partial charge in [0.05, 0.1) is 29.7 Å². The predicted molar refractivity (Wildman–Crippen MR) is 126 cm³/mol. The van der Waals surface area contributed by atoms with E-state index in [4.69, 9.17) is 0 Å². The Kier molecular flexibility index (Phi) is 5.17. The Bertz CT molecular complexity index is 1320. The molecule has 2 N–H and O–H groups in total. The number of hydrogen-bond acceptors (Lipinski definition) is 4. The van der Waals surface area contributed by atoms with Crippen LogP contribution in [0.1, 0.15) is 40.9 Å². The zero-order valence-corrected chi connectivity index (χ0v) is 18.8. The summed E-state index contributed by atoms with van der Waals surface area (Å²) in [6, 6.07) is 9.71. The highest BCUT2D eigenvalue weighted by Crippen LogP contribution is 2.59. The molecular formula is C26H27FN6O. The second kappa shape index (κ2) is 8.36. The molecule has 7 rings (SSSR count). The first kappa shape index (κ1) is 21.0. The van der Waals surface area contributed by atoms with Gasteiger partial charge in [0, 0.05) is 44.1 Å². The van der Waals surface area contributed by atoms with Crippen LogP contribution in [-0.2, 0) is 13.1 Å². The fourth-order valence-electron chi connectivity index (χ4n) is 5.50. The van der Waals surface area contributed by atoms with Crippen LogP contribution in [0.5, 0.6) is 0 Å². The molecule has 3 saturated carbocycles. The monoisotopic (exact) mass is 458 g/mol. The van der Waals surface area contributed by atoms with Gasteiger partial charge in [-0.1, -0.05) is 6.07 Å². The van der Waals surface area contributed by atoms with E-state index in [-0.39, 0.29) is 11.3 Å². The minimum atomic E-state index is -0.595. The average molecular weight is 459 g/mol. The van der Waals surface area contributed by atoms with Gasteiger partial charge in [0.2, 0.25) is 0 Å². The van der Waals surface area contributed by atoms with Gasteiger partial charge >= 0.3 is 0 Å². The van der Waals surface area contributed by atoms with Crippen molar-refractivity contribution in [3.63, 3.8) is 0 Å². The lowest BCUT2D eigenvalue weighted by Crippen LogP contribution is -2.38. The third-order valence-corrected chi connectivity index (χ3v) is 7.24. The maximum atomic E-state index is 13.7. The number of nitrogens with zero attached hydrogens (tertiary/aromatic N) is 4. The standard InChI is InChI=1S/C26H27FN6O/c27-23-10-26(8-20(23)9-26)17-29-11-18-3-4-24-31-21(16-33(24)15-18)13-30-25(34)19-7-22(14-28-12-19)32-5-1-2-6-32/h1-7,12,14-16,20,23,29H,8-11,13,17H2,(H,30,34)/t20?,23-,26?/m1/s1. The molecule has 1 amide bonds. The molecule has 34 heavy (non-hydrogen) atoms. The highest BCUT2D eigenvalue weighted by molar-refractivity contribution is 5.94. The number of alkyl halides is 1. The summed E-state index contributed by atoms with van der Waals surface area (Å²) in [5.41, 5.74) is 4.29. The maximum Gasteiger partial charge on any atom is 0.253 e. The topological polar surface area (TPSA) is 76.2 Å². The summed E-state index contributed by atoms with van der Waals surface area (Å²) in [6.07, 6.45) is 13.3. The lowest BCUT2D eigenvalue weighted by molar-refractivity contribution is 0.0950. The Balaban J connectivity index is 1.06. The summed E-state index contributed by atoms with van der Waals surface area (Å²) in [5, 5.41) is 6.46. The van der Waals surface area contributed by atoms with Crippen LogP contribution in [0.2, 0.25) is 0 Å². The summed E-state index contributed by atoms with van der Waals surface area (Å²) in [4.78, 5) is 21.5. The second-order valence-electron chi connectivity index (χ2n) is 9.73. The smallest absolute Gasteiger partial charge is 0.253 e. The molecule has 0 spiro atoms. The molecule has 0 saturated heterocycles. The number of fused-ring (bicyclic) bond motifs is 2. The molecule has 0 unspecified atom stereocenters. The fraction of sp³-hybridized carbons (Fsp3) is 0.346. The number of amides is 1. The average Bonchev–Trinajstić information content (AvgIpc) is 3.60. The Hall–Kier alpha value is -3.52. The molecule has 8 heteroatoms. The van der Waals surface area contributed by atoms with Gasteiger partial charge in [-0.05, 0) is 60.4 Å². The van der Waals surface area contributed by atoms with Crippen molar-refractivity contribution in [1.29, 1.82) is 0 Å². The summed E-state index contributed by atoms with van der Waals surface area (Å²) in [6.45, 7) is 1.95. The van der Waals surface area contributed by atoms with E-state index < -0.39 is 6.17 Å². The van der Waals surface area contributed by atoms with E-state index in [2.05, 4.69) is 32.9 Å². The highest BCUT2D eigenvalue weighted by atomic mass is 19.1. The number of carbonyl (C=O) groups is 1. The number of pyridine rings is 2. The maximum absolute atomic E-state index is 13.7. The molecule has 3 aliphatic carbocycles. The third kappa shape index (κ3) is 3.98. The summed E-state index contributed by atoms with van der Waals surface area (Å²) in [5.74, 6) is 0.117. The van der Waals surface area contributed by atoms with Gasteiger partial charge in [0.25, 0.3) is 5.91 Å². The van der Waals surface area contributed by atoms with Gasteiger partial charge in [0.15, 0.2) is 0 Å². The van der Waals surface area contributed by atoms with Crippen LogP contribution < -0.4 is 10.6 Å². The lowest BCUT2D eigenvalue weighted by Gasteiger charge is -2.38. The number of aromatic nitrogens is 4. The molecule has 4 heterocycles. The van der Waals surface area contributed by atoms with Crippen molar-refractivity contribution in [2.24, 2.45) is 11.3 Å². The lowest BCUT2D eigenvalue weighted by atomic mass is 9.69. The van der Waals surface area contributed by atoms with Crippen LogP contribution in [0.3, 0.4) is 0 Å². The third-order valence-electron chi connectivity index (χ3n) is 7.24. The van der Waals surface area contributed by atoms with Gasteiger partial charge in [-0.2, -0.15) is 0 Å². The molecule has 4 aromatic rings. The Morgan fingerprint density at radius 1 is 1.12 bits per heavy atom. The SMILES string of the molecule is O=C(NCc1cn2cc(CNCC34CC(C3)[C@H](F)C4)ccc2n1)c1cncc(-n2cccc2)c1. The molecule has 0 radical (unpaired) electrons. The number of carbonyl (C=O) groups excluding carboxylic acids is 1. The second-order valence-corrected chi connectivity index (χ2v) is 9.73. The van der Waals surface area contributed by atoms with Crippen LogP contribution in [-0.4, -0.2) is 37.6 Å². The number of nitrogens with one attached hydrogen (secondary N) is 2. The number of halogens is 1. The fourth-order valence-corrected chi connectivity index (χ4v) is 5.50. The Morgan fingerprint density at radius 2 is 1.97 bits per heavy atom. The van der Waals surface area contributed by atoms with Crippen molar-refractivity contribution in [3.05, 3.63) is 84.3 Å². The normalized spacial score (nSPS) is 23.2. The molecule has 0 aliphatic heterocycles. The molecule has 3 aliphatic rings. The van der Waals surface area contributed by atoms with Crippen molar-refractivity contribution < 1.29 is 9.18 Å². The van der Waals surface area contributed by atoms with Gasteiger partial charge in [0.1, 0.15) is 11.8 Å². The van der Waals surface area contributed by atoms with E-state index >= 15 is 0 Å². The predicted octanol–water partition coefficient (Wildman–Crippen LogP) is 3.68. The van der Waals surface area contributed by atoms with E-state index in [0.29, 0.717) is 24.4 Å². The van der Waals surface area contributed by atoms with Gasteiger partial charge in [-0.3, -0.25) is 9.78 Å². The van der Waals surface area contributed by atoms with Gasteiger partial charge in [-0.15, -0.1) is 0 Å². The van der Waals surface area contributed by atoms with Crippen molar-refractivity contribution in [2.45, 2.75) is 38.5 Å². The molecule has 4 aromatic heterocycles. The molecule has 7 nitrogen and oxygen atoms in total. The number of rotatable bonds is 8. The zero-order valence-electron chi connectivity index (χ0n) is 18.8. The Labute approximate surface area is 197 Å². The Morgan fingerprint density at radius 3 is 2.76 bits per heavy atom. The molecule has 174 valence electrons. The van der Waals surface area contributed by atoms with Crippen LogP contribution in [0, 0.1) is 11.3 Å². The van der Waals surface area contributed by atoms with Crippen LogP contribution in [0.15, 0.2) is 67.5 Å². The summed E-state index contributed by atoms with van der Waals surface area (Å²) in [7, 11) is 0. The zero-order chi connectivity index (χ0) is 23.1. The van der Waals surface area contributed by atoms with Crippen molar-refractivity contribution in [3.8, 4) is 5.69 Å². The van der Waals surface area contributed by atoms with Crippen molar-refractivity contribution >= 4 is 11.6 Å². The molecule has 1 atom stereocenters. The number of imidazole rings is 1. The van der Waals surface area contributed by atoms with Crippen molar-refractivity contribution in [2.75, 3.05) is 6.54 Å². The van der Waals surface area contributed by atoms with E-state index in [9.17, 15) is 9.18 Å². The molecule has 0 aromatic carbocycles. The van der Waals surface area contributed by atoms with Gasteiger partial charge in [-0.25, -0.2) is 9.37 Å².